The topological polar surface area (TPSA) is 51.0 Å². The van der Waals surface area contributed by atoms with Gasteiger partial charge in [0.05, 0.1) is 21.3 Å². The van der Waals surface area contributed by atoms with Crippen molar-refractivity contribution in [2.75, 3.05) is 0 Å². The molecule has 0 aliphatic rings. The highest BCUT2D eigenvalue weighted by molar-refractivity contribution is 7.15. The molecular formula is C12H17N3OS. The van der Waals surface area contributed by atoms with Crippen molar-refractivity contribution in [3.05, 3.63) is 22.5 Å². The van der Waals surface area contributed by atoms with Crippen molar-refractivity contribution < 1.29 is 4.52 Å². The van der Waals surface area contributed by atoms with Gasteiger partial charge in [0.25, 0.3) is 0 Å². The fraction of sp³-hybridized carbons (Fsp3) is 0.500. The van der Waals surface area contributed by atoms with Crippen LogP contribution in [0.2, 0.25) is 0 Å². The minimum atomic E-state index is 0.447. The summed E-state index contributed by atoms with van der Waals surface area (Å²) in [5, 5.41) is 8.42. The predicted octanol–water partition coefficient (Wildman–Crippen LogP) is 2.91. The standard InChI is InChI=1S/C12H17N3OS/c1-7(2)13-6-10-5-11(16-15-10)12-8(3)14-9(4)17-12/h5,7,13H,6H2,1-4H3. The van der Waals surface area contributed by atoms with Gasteiger partial charge in [-0.2, -0.15) is 0 Å². The van der Waals surface area contributed by atoms with Crippen molar-refractivity contribution in [1.29, 1.82) is 0 Å². The molecule has 0 amide bonds. The Morgan fingerprint density at radius 3 is 2.76 bits per heavy atom. The normalized spacial score (nSPS) is 11.4. The molecule has 0 unspecified atom stereocenters. The third kappa shape index (κ3) is 2.92. The van der Waals surface area contributed by atoms with Gasteiger partial charge in [0.15, 0.2) is 5.76 Å². The Morgan fingerprint density at radius 2 is 2.18 bits per heavy atom. The van der Waals surface area contributed by atoms with Crippen LogP contribution in [0.15, 0.2) is 10.6 Å². The first-order chi connectivity index (χ1) is 8.06. The molecule has 92 valence electrons. The summed E-state index contributed by atoms with van der Waals surface area (Å²) in [6.45, 7) is 8.94. The number of aromatic nitrogens is 2. The Kier molecular flexibility index (Phi) is 3.59. The van der Waals surface area contributed by atoms with Crippen molar-refractivity contribution in [2.24, 2.45) is 0 Å². The average molecular weight is 251 g/mol. The highest BCUT2D eigenvalue weighted by atomic mass is 32.1. The van der Waals surface area contributed by atoms with Gasteiger partial charge in [0, 0.05) is 18.7 Å². The van der Waals surface area contributed by atoms with E-state index in [9.17, 15) is 0 Å². The molecule has 0 saturated heterocycles. The van der Waals surface area contributed by atoms with Crippen molar-refractivity contribution in [3.8, 4) is 10.6 Å². The molecule has 2 rings (SSSR count). The van der Waals surface area contributed by atoms with E-state index in [0.717, 1.165) is 33.6 Å². The van der Waals surface area contributed by atoms with Gasteiger partial charge in [0.1, 0.15) is 0 Å². The molecule has 0 spiro atoms. The quantitative estimate of drug-likeness (QED) is 0.907. The van der Waals surface area contributed by atoms with Gasteiger partial charge in [-0.1, -0.05) is 19.0 Å². The van der Waals surface area contributed by atoms with E-state index in [2.05, 4.69) is 29.3 Å². The SMILES string of the molecule is Cc1nc(C)c(-c2cc(CNC(C)C)no2)s1. The maximum Gasteiger partial charge on any atom is 0.179 e. The van der Waals surface area contributed by atoms with Crippen LogP contribution >= 0.6 is 11.3 Å². The average Bonchev–Trinajstić information content (AvgIpc) is 2.82. The lowest BCUT2D eigenvalue weighted by atomic mass is 10.3. The smallest absolute Gasteiger partial charge is 0.179 e. The maximum absolute atomic E-state index is 5.36. The summed E-state index contributed by atoms with van der Waals surface area (Å²) in [6.07, 6.45) is 0. The van der Waals surface area contributed by atoms with Gasteiger partial charge in [0.2, 0.25) is 0 Å². The number of rotatable bonds is 4. The molecule has 0 saturated carbocycles. The van der Waals surface area contributed by atoms with Crippen LogP contribution < -0.4 is 5.32 Å². The monoisotopic (exact) mass is 251 g/mol. The van der Waals surface area contributed by atoms with E-state index in [1.165, 1.54) is 0 Å². The molecule has 5 heteroatoms. The fourth-order valence-electron chi connectivity index (χ4n) is 1.57. The van der Waals surface area contributed by atoms with Crippen LogP contribution in [0, 0.1) is 13.8 Å². The molecule has 0 bridgehead atoms. The van der Waals surface area contributed by atoms with Gasteiger partial charge in [-0.25, -0.2) is 4.98 Å². The van der Waals surface area contributed by atoms with E-state index < -0.39 is 0 Å². The number of aryl methyl sites for hydroxylation is 2. The summed E-state index contributed by atoms with van der Waals surface area (Å²) in [5.41, 5.74) is 1.94. The third-order valence-corrected chi connectivity index (χ3v) is 3.47. The molecule has 0 aliphatic carbocycles. The number of hydrogen-bond donors (Lipinski definition) is 1. The summed E-state index contributed by atoms with van der Waals surface area (Å²) in [4.78, 5) is 5.46. The Hall–Kier alpha value is -1.20. The zero-order valence-electron chi connectivity index (χ0n) is 10.6. The summed E-state index contributed by atoms with van der Waals surface area (Å²) in [6, 6.07) is 2.43. The van der Waals surface area contributed by atoms with Crippen LogP contribution in [0.4, 0.5) is 0 Å². The first-order valence-electron chi connectivity index (χ1n) is 5.69. The number of nitrogens with one attached hydrogen (secondary N) is 1. The van der Waals surface area contributed by atoms with Crippen molar-refractivity contribution in [2.45, 2.75) is 40.3 Å². The molecule has 4 nitrogen and oxygen atoms in total. The summed E-state index contributed by atoms with van der Waals surface area (Å²) < 4.78 is 5.36. The highest BCUT2D eigenvalue weighted by Gasteiger charge is 2.13. The van der Waals surface area contributed by atoms with Gasteiger partial charge in [-0.05, 0) is 13.8 Å². The lowest BCUT2D eigenvalue weighted by Gasteiger charge is -2.03. The maximum atomic E-state index is 5.36. The zero-order valence-corrected chi connectivity index (χ0v) is 11.4. The molecule has 1 N–H and O–H groups in total. The zero-order chi connectivity index (χ0) is 12.4. The van der Waals surface area contributed by atoms with Crippen LogP contribution in [0.5, 0.6) is 0 Å². The highest BCUT2D eigenvalue weighted by Crippen LogP contribution is 2.29. The van der Waals surface area contributed by atoms with Crippen LogP contribution in [0.25, 0.3) is 10.6 Å². The molecule has 0 aromatic carbocycles. The van der Waals surface area contributed by atoms with Crippen LogP contribution in [-0.2, 0) is 6.54 Å². The van der Waals surface area contributed by atoms with Gasteiger partial charge in [-0.15, -0.1) is 11.3 Å². The van der Waals surface area contributed by atoms with E-state index in [1.807, 2.05) is 19.9 Å². The Balaban J connectivity index is 2.15. The van der Waals surface area contributed by atoms with Crippen LogP contribution in [-0.4, -0.2) is 16.2 Å². The van der Waals surface area contributed by atoms with Gasteiger partial charge >= 0.3 is 0 Å². The van der Waals surface area contributed by atoms with Crippen LogP contribution in [0.1, 0.15) is 30.2 Å². The van der Waals surface area contributed by atoms with E-state index >= 15 is 0 Å². The third-order valence-electron chi connectivity index (χ3n) is 2.38. The molecule has 0 radical (unpaired) electrons. The molecule has 2 heterocycles. The second kappa shape index (κ2) is 4.98. The number of hydrogen-bond acceptors (Lipinski definition) is 5. The molecule has 0 fully saturated rings. The molecule has 2 aromatic rings. The lowest BCUT2D eigenvalue weighted by molar-refractivity contribution is 0.418. The second-order valence-electron chi connectivity index (χ2n) is 4.37. The fourth-order valence-corrected chi connectivity index (χ4v) is 2.44. The van der Waals surface area contributed by atoms with Gasteiger partial charge in [-0.3, -0.25) is 0 Å². The molecule has 2 aromatic heterocycles. The predicted molar refractivity (Wildman–Crippen MR) is 69.1 cm³/mol. The first-order valence-corrected chi connectivity index (χ1v) is 6.51. The Bertz CT molecular complexity index is 502. The number of nitrogens with zero attached hydrogens (tertiary/aromatic N) is 2. The minimum absolute atomic E-state index is 0.447. The van der Waals surface area contributed by atoms with E-state index in [0.29, 0.717) is 6.04 Å². The molecule has 0 aliphatic heterocycles. The first kappa shape index (κ1) is 12.3. The summed E-state index contributed by atoms with van der Waals surface area (Å²) in [5.74, 6) is 0.814. The largest absolute Gasteiger partial charge is 0.355 e. The lowest BCUT2D eigenvalue weighted by Crippen LogP contribution is -2.21. The second-order valence-corrected chi connectivity index (χ2v) is 5.57. The van der Waals surface area contributed by atoms with Crippen LogP contribution in [0.3, 0.4) is 0 Å². The minimum Gasteiger partial charge on any atom is -0.355 e. The molecule has 17 heavy (non-hydrogen) atoms. The summed E-state index contributed by atoms with van der Waals surface area (Å²) in [7, 11) is 0. The van der Waals surface area contributed by atoms with Crippen molar-refractivity contribution >= 4 is 11.3 Å². The Morgan fingerprint density at radius 1 is 1.41 bits per heavy atom. The van der Waals surface area contributed by atoms with E-state index in [4.69, 9.17) is 4.52 Å². The van der Waals surface area contributed by atoms with E-state index in [-0.39, 0.29) is 0 Å². The molecule has 0 atom stereocenters. The van der Waals surface area contributed by atoms with Gasteiger partial charge < -0.3 is 9.84 Å². The molecular weight excluding hydrogens is 234 g/mol. The number of thiazole rings is 1. The summed E-state index contributed by atoms with van der Waals surface area (Å²) >= 11 is 1.64. The van der Waals surface area contributed by atoms with Crippen molar-refractivity contribution in [1.82, 2.24) is 15.5 Å². The van der Waals surface area contributed by atoms with Crippen molar-refractivity contribution in [3.63, 3.8) is 0 Å². The van der Waals surface area contributed by atoms with E-state index in [1.54, 1.807) is 11.3 Å². The Labute approximate surface area is 105 Å².